The van der Waals surface area contributed by atoms with Gasteiger partial charge in [-0.15, -0.1) is 0 Å². The fourth-order valence-electron chi connectivity index (χ4n) is 10.5. The summed E-state index contributed by atoms with van der Waals surface area (Å²) < 4.78 is 6.69. The average molecular weight is 897 g/mol. The molecule has 0 aliphatic carbocycles. The van der Waals surface area contributed by atoms with Crippen LogP contribution in [0.15, 0.2) is 265 Å². The average Bonchev–Trinajstić information content (AvgIpc) is 3.82. The zero-order valence-electron chi connectivity index (χ0n) is 38.1. The number of hydrogen-bond acceptors (Lipinski definition) is 4. The maximum absolute atomic E-state index is 12.1. The second kappa shape index (κ2) is 17.0. The second-order valence-corrected chi connectivity index (χ2v) is 17.8. The molecule has 0 bridgehead atoms. The first kappa shape index (κ1) is 40.9. The number of furan rings is 1. The van der Waals surface area contributed by atoms with Gasteiger partial charge in [-0.1, -0.05) is 188 Å². The number of hydrogen-bond donors (Lipinski definition) is 1. The van der Waals surface area contributed by atoms with Gasteiger partial charge in [0.25, 0.3) is 0 Å². The first-order valence-corrected chi connectivity index (χ1v) is 23.7. The lowest BCUT2D eigenvalue weighted by atomic mass is 9.89. The predicted octanol–water partition coefficient (Wildman–Crippen LogP) is 18.7. The van der Waals surface area contributed by atoms with Crippen LogP contribution in [0.2, 0.25) is 0 Å². The molecule has 0 saturated carbocycles. The first-order valence-electron chi connectivity index (χ1n) is 23.7. The molecule has 13 rings (SSSR count). The van der Waals surface area contributed by atoms with Crippen molar-refractivity contribution in [2.45, 2.75) is 0 Å². The highest BCUT2D eigenvalue weighted by molar-refractivity contribution is 6.25. The Hall–Kier alpha value is -9.38. The molecule has 330 valence electrons. The number of phenols is 1. The molecule has 0 spiro atoms. The molecule has 0 amide bonds. The van der Waals surface area contributed by atoms with Crippen LogP contribution in [-0.2, 0) is 0 Å². The molecule has 1 heterocycles. The highest BCUT2D eigenvalue weighted by Gasteiger charge is 2.24. The number of rotatable bonds is 9. The molecular weight excluding hydrogens is 853 g/mol. The minimum atomic E-state index is 0.226. The molecule has 0 atom stereocenters. The highest BCUT2D eigenvalue weighted by Crippen LogP contribution is 2.49. The fraction of sp³-hybridized carbons (Fsp3) is 0. The van der Waals surface area contributed by atoms with Crippen molar-refractivity contribution in [1.82, 2.24) is 0 Å². The van der Waals surface area contributed by atoms with E-state index in [9.17, 15) is 5.11 Å². The molecule has 13 aromatic rings. The Bertz CT molecular complexity index is 4070. The van der Waals surface area contributed by atoms with Crippen LogP contribution >= 0.6 is 0 Å². The molecule has 0 aliphatic rings. The van der Waals surface area contributed by atoms with Crippen LogP contribution in [0.3, 0.4) is 0 Å². The molecule has 0 fully saturated rings. The van der Waals surface area contributed by atoms with Gasteiger partial charge in [-0.3, -0.25) is 0 Å². The molecule has 0 radical (unpaired) electrons. The van der Waals surface area contributed by atoms with Gasteiger partial charge in [-0.2, -0.15) is 0 Å². The van der Waals surface area contributed by atoms with E-state index in [2.05, 4.69) is 252 Å². The van der Waals surface area contributed by atoms with Crippen molar-refractivity contribution in [1.29, 1.82) is 0 Å². The lowest BCUT2D eigenvalue weighted by Crippen LogP contribution is -2.11. The van der Waals surface area contributed by atoms with Crippen molar-refractivity contribution in [2.75, 3.05) is 9.80 Å². The van der Waals surface area contributed by atoms with Gasteiger partial charge in [0, 0.05) is 44.3 Å². The Morgan fingerprint density at radius 3 is 1.53 bits per heavy atom. The number of benzene rings is 12. The third kappa shape index (κ3) is 6.93. The van der Waals surface area contributed by atoms with Crippen molar-refractivity contribution < 1.29 is 9.52 Å². The van der Waals surface area contributed by atoms with Gasteiger partial charge in [0.05, 0.1) is 17.1 Å². The minimum absolute atomic E-state index is 0.226. The van der Waals surface area contributed by atoms with Crippen LogP contribution in [-0.4, -0.2) is 5.11 Å². The molecule has 0 aliphatic heterocycles. The summed E-state index contributed by atoms with van der Waals surface area (Å²) in [4.78, 5) is 4.65. The lowest BCUT2D eigenvalue weighted by Gasteiger charge is -2.28. The molecular formula is C66H44N2O2. The minimum Gasteiger partial charge on any atom is -0.507 e. The largest absolute Gasteiger partial charge is 0.507 e. The number of para-hydroxylation sites is 5. The summed E-state index contributed by atoms with van der Waals surface area (Å²) in [6.45, 7) is 0. The number of anilines is 6. The van der Waals surface area contributed by atoms with Crippen LogP contribution in [0.4, 0.5) is 34.1 Å². The Kier molecular flexibility index (Phi) is 9.95. The molecule has 70 heavy (non-hydrogen) atoms. The van der Waals surface area contributed by atoms with Gasteiger partial charge >= 0.3 is 0 Å². The van der Waals surface area contributed by atoms with E-state index in [1.807, 2.05) is 18.2 Å². The van der Waals surface area contributed by atoms with Crippen molar-refractivity contribution in [2.24, 2.45) is 0 Å². The lowest BCUT2D eigenvalue weighted by molar-refractivity contribution is 0.477. The van der Waals surface area contributed by atoms with E-state index >= 15 is 0 Å². The number of aromatic hydroxyl groups is 1. The van der Waals surface area contributed by atoms with Gasteiger partial charge < -0.3 is 19.3 Å². The molecule has 12 aromatic carbocycles. The van der Waals surface area contributed by atoms with Gasteiger partial charge in [0.2, 0.25) is 0 Å². The maximum atomic E-state index is 12.1. The van der Waals surface area contributed by atoms with E-state index in [1.165, 1.54) is 0 Å². The third-order valence-corrected chi connectivity index (χ3v) is 13.7. The van der Waals surface area contributed by atoms with E-state index in [0.29, 0.717) is 0 Å². The standard InChI is InChI=1S/C66H44N2O2/c69-64-41-46(44-35-38-49(39-36-44)67(47-21-6-2-7-22-47)61-32-16-14-25-50(61)45-19-4-1-5-20-45)37-40-55(64)58-42-59-53-28-12-13-29-54(53)63(43-60(59)52-27-11-10-26-51(52)58)68(48-23-8-3-9-24-48)62-33-18-31-57-56-30-15-17-34-65(56)70-66(57)62/h1-43,69H. The predicted molar refractivity (Wildman–Crippen MR) is 294 cm³/mol. The monoisotopic (exact) mass is 896 g/mol. The van der Waals surface area contributed by atoms with E-state index < -0.39 is 0 Å². The summed E-state index contributed by atoms with van der Waals surface area (Å²) in [6, 6.07) is 91.4. The summed E-state index contributed by atoms with van der Waals surface area (Å²) in [7, 11) is 0. The van der Waals surface area contributed by atoms with E-state index in [1.54, 1.807) is 0 Å². The van der Waals surface area contributed by atoms with Gasteiger partial charge in [0.1, 0.15) is 11.3 Å². The molecule has 4 nitrogen and oxygen atoms in total. The maximum Gasteiger partial charge on any atom is 0.159 e. The fourth-order valence-corrected chi connectivity index (χ4v) is 10.5. The van der Waals surface area contributed by atoms with Gasteiger partial charge in [-0.25, -0.2) is 0 Å². The zero-order chi connectivity index (χ0) is 46.5. The Morgan fingerprint density at radius 2 is 0.800 bits per heavy atom. The van der Waals surface area contributed by atoms with E-state index in [0.717, 1.165) is 122 Å². The summed E-state index contributed by atoms with van der Waals surface area (Å²) in [5.41, 5.74) is 14.0. The van der Waals surface area contributed by atoms with E-state index in [-0.39, 0.29) is 5.75 Å². The van der Waals surface area contributed by atoms with Crippen LogP contribution in [0.25, 0.3) is 87.6 Å². The normalized spacial score (nSPS) is 11.5. The second-order valence-electron chi connectivity index (χ2n) is 17.8. The quantitative estimate of drug-likeness (QED) is 0.147. The molecule has 0 unspecified atom stereocenters. The van der Waals surface area contributed by atoms with Crippen molar-refractivity contribution in [3.63, 3.8) is 0 Å². The topological polar surface area (TPSA) is 39.9 Å². The molecule has 4 heteroatoms. The number of nitrogens with zero attached hydrogens (tertiary/aromatic N) is 2. The van der Waals surface area contributed by atoms with Crippen LogP contribution in [0, 0.1) is 0 Å². The summed E-state index contributed by atoms with van der Waals surface area (Å²) >= 11 is 0. The number of fused-ring (bicyclic) bond motifs is 8. The first-order chi connectivity index (χ1) is 34.7. The molecule has 1 aromatic heterocycles. The SMILES string of the molecule is Oc1cc(-c2ccc(N(c3ccccc3)c3ccccc3-c3ccccc3)cc2)ccc1-c1cc2c3ccccc3c(N(c3ccccc3)c3cccc4c3oc3ccccc34)cc2c2ccccc12. The molecule has 0 saturated heterocycles. The molecule has 1 N–H and O–H groups in total. The van der Waals surface area contributed by atoms with Crippen molar-refractivity contribution in [3.8, 4) is 39.1 Å². The Balaban J connectivity index is 0.923. The van der Waals surface area contributed by atoms with Gasteiger partial charge in [-0.05, 0) is 122 Å². The summed E-state index contributed by atoms with van der Waals surface area (Å²) in [6.07, 6.45) is 0. The van der Waals surface area contributed by atoms with Crippen molar-refractivity contribution in [3.05, 3.63) is 261 Å². The van der Waals surface area contributed by atoms with Crippen LogP contribution in [0.1, 0.15) is 0 Å². The third-order valence-electron chi connectivity index (χ3n) is 13.7. The smallest absolute Gasteiger partial charge is 0.159 e. The van der Waals surface area contributed by atoms with Crippen LogP contribution in [0.5, 0.6) is 5.75 Å². The Morgan fingerprint density at radius 1 is 0.271 bits per heavy atom. The summed E-state index contributed by atoms with van der Waals surface area (Å²) in [5.74, 6) is 0.226. The highest BCUT2D eigenvalue weighted by atomic mass is 16.3. The van der Waals surface area contributed by atoms with E-state index in [4.69, 9.17) is 4.42 Å². The Labute approximate surface area is 405 Å². The number of phenolic OH excluding ortho intramolecular Hbond substituents is 1. The van der Waals surface area contributed by atoms with Gasteiger partial charge in [0.15, 0.2) is 5.58 Å². The zero-order valence-corrected chi connectivity index (χ0v) is 38.1. The summed E-state index contributed by atoms with van der Waals surface area (Å²) in [5, 5.41) is 20.9. The van der Waals surface area contributed by atoms with Crippen molar-refractivity contribution >= 4 is 88.4 Å². The van der Waals surface area contributed by atoms with Crippen LogP contribution < -0.4 is 9.80 Å².